The maximum atomic E-state index is 5.40. The van der Waals surface area contributed by atoms with Crippen molar-refractivity contribution in [1.29, 1.82) is 0 Å². The number of fused-ring (bicyclic) bond motifs is 1. The van der Waals surface area contributed by atoms with E-state index in [0.29, 0.717) is 19.3 Å². The highest BCUT2D eigenvalue weighted by Crippen LogP contribution is 2.32. The molecule has 1 aliphatic heterocycles. The van der Waals surface area contributed by atoms with Gasteiger partial charge in [0.05, 0.1) is 0 Å². The molecular formula is C17H23N5O2. The lowest BCUT2D eigenvalue weighted by atomic mass is 10.2. The van der Waals surface area contributed by atoms with E-state index in [1.54, 1.807) is 13.2 Å². The van der Waals surface area contributed by atoms with Gasteiger partial charge >= 0.3 is 0 Å². The molecule has 0 saturated heterocycles. The number of ether oxygens (including phenoxy) is 2. The van der Waals surface area contributed by atoms with Gasteiger partial charge in [-0.2, -0.15) is 5.10 Å². The Kier molecular flexibility index (Phi) is 5.20. The van der Waals surface area contributed by atoms with Crippen molar-refractivity contribution in [3.63, 3.8) is 0 Å². The Balaban J connectivity index is 1.45. The molecule has 0 spiro atoms. The van der Waals surface area contributed by atoms with Crippen LogP contribution in [0.15, 0.2) is 41.7 Å². The molecule has 7 heteroatoms. The van der Waals surface area contributed by atoms with Crippen molar-refractivity contribution in [2.75, 3.05) is 20.4 Å². The summed E-state index contributed by atoms with van der Waals surface area (Å²) >= 11 is 0. The van der Waals surface area contributed by atoms with E-state index in [9.17, 15) is 0 Å². The van der Waals surface area contributed by atoms with Crippen molar-refractivity contribution < 1.29 is 9.47 Å². The van der Waals surface area contributed by atoms with E-state index in [2.05, 4.69) is 27.6 Å². The molecule has 2 N–H and O–H groups in total. The first-order valence-electron chi connectivity index (χ1n) is 8.05. The number of nitrogens with zero attached hydrogens (tertiary/aromatic N) is 3. The second kappa shape index (κ2) is 7.72. The average molecular weight is 329 g/mol. The van der Waals surface area contributed by atoms with Crippen LogP contribution in [0.3, 0.4) is 0 Å². The van der Waals surface area contributed by atoms with Gasteiger partial charge in [0.1, 0.15) is 0 Å². The van der Waals surface area contributed by atoms with Gasteiger partial charge in [0, 0.05) is 39.1 Å². The summed E-state index contributed by atoms with van der Waals surface area (Å²) < 4.78 is 12.7. The van der Waals surface area contributed by atoms with E-state index in [0.717, 1.165) is 36.1 Å². The quantitative estimate of drug-likeness (QED) is 0.622. The molecule has 1 aromatic carbocycles. The highest BCUT2D eigenvalue weighted by molar-refractivity contribution is 5.79. The lowest BCUT2D eigenvalue weighted by Crippen LogP contribution is -2.39. The Bertz CT molecular complexity index is 684. The molecular weight excluding hydrogens is 306 g/mol. The highest BCUT2D eigenvalue weighted by Gasteiger charge is 2.13. The molecule has 24 heavy (non-hydrogen) atoms. The van der Waals surface area contributed by atoms with Gasteiger partial charge < -0.3 is 20.1 Å². The fourth-order valence-electron chi connectivity index (χ4n) is 2.52. The molecule has 2 heterocycles. The SMILES string of the molecule is CN=C(NCc1ccc2c(c1)OCO2)NCC(C)Cn1cccn1. The van der Waals surface area contributed by atoms with Crippen molar-refractivity contribution in [1.82, 2.24) is 20.4 Å². The van der Waals surface area contributed by atoms with E-state index in [1.165, 1.54) is 0 Å². The minimum absolute atomic E-state index is 0.295. The molecule has 0 saturated carbocycles. The molecule has 1 aliphatic rings. The molecule has 0 fully saturated rings. The van der Waals surface area contributed by atoms with Gasteiger partial charge in [0.15, 0.2) is 17.5 Å². The predicted molar refractivity (Wildman–Crippen MR) is 92.2 cm³/mol. The van der Waals surface area contributed by atoms with Gasteiger partial charge in [-0.05, 0) is 29.7 Å². The van der Waals surface area contributed by atoms with E-state index in [4.69, 9.17) is 9.47 Å². The van der Waals surface area contributed by atoms with Crippen LogP contribution in [0.2, 0.25) is 0 Å². The Morgan fingerprint density at radius 2 is 2.21 bits per heavy atom. The smallest absolute Gasteiger partial charge is 0.231 e. The van der Waals surface area contributed by atoms with Crippen LogP contribution in [0.25, 0.3) is 0 Å². The molecule has 128 valence electrons. The number of aromatic nitrogens is 2. The standard InChI is InChI=1S/C17H23N5O2/c1-13(11-22-7-3-6-21-22)9-19-17(18-2)20-10-14-4-5-15-16(8-14)24-12-23-15/h3-8,13H,9-12H2,1-2H3,(H2,18,19,20). The van der Waals surface area contributed by atoms with Gasteiger partial charge in [-0.25, -0.2) is 0 Å². The highest BCUT2D eigenvalue weighted by atomic mass is 16.7. The lowest BCUT2D eigenvalue weighted by molar-refractivity contribution is 0.174. The predicted octanol–water partition coefficient (Wildman–Crippen LogP) is 1.61. The monoisotopic (exact) mass is 329 g/mol. The summed E-state index contributed by atoms with van der Waals surface area (Å²) in [6.45, 7) is 4.84. The van der Waals surface area contributed by atoms with Crippen molar-refractivity contribution in [3.05, 3.63) is 42.2 Å². The molecule has 0 radical (unpaired) electrons. The molecule has 0 bridgehead atoms. The van der Waals surface area contributed by atoms with Gasteiger partial charge in [-0.1, -0.05) is 13.0 Å². The van der Waals surface area contributed by atoms with Crippen LogP contribution in [0, 0.1) is 5.92 Å². The Labute approximate surface area is 141 Å². The minimum atomic E-state index is 0.295. The number of aliphatic imine (C=N–C) groups is 1. The summed E-state index contributed by atoms with van der Waals surface area (Å²) in [5.41, 5.74) is 1.12. The molecule has 1 aromatic heterocycles. The Morgan fingerprint density at radius 3 is 3.00 bits per heavy atom. The third kappa shape index (κ3) is 4.18. The zero-order valence-corrected chi connectivity index (χ0v) is 14.0. The molecule has 3 rings (SSSR count). The van der Waals surface area contributed by atoms with Crippen LogP contribution < -0.4 is 20.1 Å². The average Bonchev–Trinajstić information content (AvgIpc) is 3.25. The van der Waals surface area contributed by atoms with Crippen LogP contribution >= 0.6 is 0 Å². The lowest BCUT2D eigenvalue weighted by Gasteiger charge is -2.16. The van der Waals surface area contributed by atoms with Gasteiger partial charge in [-0.15, -0.1) is 0 Å². The van der Waals surface area contributed by atoms with E-state index in [-0.39, 0.29) is 0 Å². The van der Waals surface area contributed by atoms with E-state index >= 15 is 0 Å². The number of hydrogen-bond acceptors (Lipinski definition) is 4. The first-order valence-corrected chi connectivity index (χ1v) is 8.05. The molecule has 0 aliphatic carbocycles. The van der Waals surface area contributed by atoms with Gasteiger partial charge in [0.2, 0.25) is 6.79 Å². The summed E-state index contributed by atoms with van der Waals surface area (Å²) in [5.74, 6) is 2.81. The Hall–Kier alpha value is -2.70. The summed E-state index contributed by atoms with van der Waals surface area (Å²) in [7, 11) is 1.77. The summed E-state index contributed by atoms with van der Waals surface area (Å²) in [6, 6.07) is 7.88. The van der Waals surface area contributed by atoms with Crippen molar-refractivity contribution in [2.45, 2.75) is 20.0 Å². The van der Waals surface area contributed by atoms with Crippen LogP contribution in [0.1, 0.15) is 12.5 Å². The molecule has 2 aromatic rings. The second-order valence-electron chi connectivity index (χ2n) is 5.83. The topological polar surface area (TPSA) is 72.7 Å². The maximum Gasteiger partial charge on any atom is 0.231 e. The molecule has 0 amide bonds. The zero-order chi connectivity index (χ0) is 16.8. The van der Waals surface area contributed by atoms with Crippen LogP contribution in [-0.4, -0.2) is 36.1 Å². The molecule has 7 nitrogen and oxygen atoms in total. The summed E-state index contributed by atoms with van der Waals surface area (Å²) in [6.07, 6.45) is 3.77. The normalized spacial score (nSPS) is 14.5. The maximum absolute atomic E-state index is 5.40. The number of hydrogen-bond donors (Lipinski definition) is 2. The van der Waals surface area contributed by atoms with Crippen LogP contribution in [0.4, 0.5) is 0 Å². The Morgan fingerprint density at radius 1 is 1.33 bits per heavy atom. The number of rotatable bonds is 6. The second-order valence-corrected chi connectivity index (χ2v) is 5.83. The third-order valence-electron chi connectivity index (χ3n) is 3.80. The van der Waals surface area contributed by atoms with Crippen molar-refractivity contribution in [2.24, 2.45) is 10.9 Å². The van der Waals surface area contributed by atoms with Gasteiger partial charge in [-0.3, -0.25) is 9.67 Å². The summed E-state index contributed by atoms with van der Waals surface area (Å²) in [5, 5.41) is 10.9. The third-order valence-corrected chi connectivity index (χ3v) is 3.80. The number of benzene rings is 1. The molecule has 1 atom stereocenters. The fourth-order valence-corrected chi connectivity index (χ4v) is 2.52. The van der Waals surface area contributed by atoms with Crippen LogP contribution in [0.5, 0.6) is 11.5 Å². The fraction of sp³-hybridized carbons (Fsp3) is 0.412. The minimum Gasteiger partial charge on any atom is -0.454 e. The van der Waals surface area contributed by atoms with E-state index < -0.39 is 0 Å². The first-order chi connectivity index (χ1) is 11.7. The molecule has 1 unspecified atom stereocenters. The first kappa shape index (κ1) is 16.2. The van der Waals surface area contributed by atoms with Crippen molar-refractivity contribution >= 4 is 5.96 Å². The largest absolute Gasteiger partial charge is 0.454 e. The zero-order valence-electron chi connectivity index (χ0n) is 14.0. The number of nitrogens with one attached hydrogen (secondary N) is 2. The van der Waals surface area contributed by atoms with Crippen molar-refractivity contribution in [3.8, 4) is 11.5 Å². The number of guanidine groups is 1. The van der Waals surface area contributed by atoms with Gasteiger partial charge in [0.25, 0.3) is 0 Å². The summed E-state index contributed by atoms with van der Waals surface area (Å²) in [4.78, 5) is 4.26. The van der Waals surface area contributed by atoms with E-state index in [1.807, 2.05) is 35.1 Å². The van der Waals surface area contributed by atoms with Crippen LogP contribution in [-0.2, 0) is 13.1 Å².